The van der Waals surface area contributed by atoms with Gasteiger partial charge < -0.3 is 4.79 Å². The van der Waals surface area contributed by atoms with Gasteiger partial charge in [0.2, 0.25) is 0 Å². The van der Waals surface area contributed by atoms with Gasteiger partial charge in [-0.05, 0) is 6.42 Å². The van der Waals surface area contributed by atoms with Gasteiger partial charge in [0.05, 0.1) is 0 Å². The molecule has 0 fully saturated rings. The molecule has 54 valence electrons. The predicted molar refractivity (Wildman–Crippen MR) is 39.4 cm³/mol. The number of unbranched alkanes of at least 4 members (excludes halogenated alkanes) is 2. The van der Waals surface area contributed by atoms with Crippen LogP contribution in [0.1, 0.15) is 43.6 Å². The van der Waals surface area contributed by atoms with Crippen molar-refractivity contribution < 1.29 is 8.91 Å². The molecular weight excluding hydrogens is 112 g/mol. The van der Waals surface area contributed by atoms with Gasteiger partial charge in [-0.1, -0.05) is 33.0 Å². The molecule has 0 bridgehead atoms. The third-order valence-corrected chi connectivity index (χ3v) is 1.28. The Morgan fingerprint density at radius 2 is 2.44 bits per heavy atom. The molecule has 0 spiro atoms. The summed E-state index contributed by atoms with van der Waals surface area (Å²) in [7, 11) is 0. The lowest BCUT2D eigenvalue weighted by Gasteiger charge is -1.99. The van der Waals surface area contributed by atoms with Crippen molar-refractivity contribution in [2.75, 3.05) is 0 Å². The van der Waals surface area contributed by atoms with E-state index in [2.05, 4.69) is 0 Å². The molecule has 0 saturated carbocycles. The van der Waals surface area contributed by atoms with Crippen LogP contribution in [0.5, 0.6) is 0 Å². The molecule has 0 saturated heterocycles. The second kappa shape index (κ2) is 5.80. The Labute approximate surface area is 61.7 Å². The first-order valence-electron chi connectivity index (χ1n) is 4.97. The van der Waals surface area contributed by atoms with Crippen molar-refractivity contribution in [3.05, 3.63) is 0 Å². The Kier molecular flexibility index (Phi) is 2.89. The number of hydrogen-bond donors (Lipinski definition) is 0. The van der Waals surface area contributed by atoms with E-state index in [1.165, 1.54) is 0 Å². The van der Waals surface area contributed by atoms with Crippen LogP contribution in [0.25, 0.3) is 0 Å². The predicted octanol–water partition coefficient (Wildman–Crippen LogP) is 2.40. The van der Waals surface area contributed by atoms with E-state index in [4.69, 9.17) is 4.11 Å². The smallest absolute Gasteiger partial charge is 0.122 e. The highest BCUT2D eigenvalue weighted by Gasteiger charge is 1.96. The Hall–Kier alpha value is -0.330. The van der Waals surface area contributed by atoms with Crippen molar-refractivity contribution >= 4 is 6.29 Å². The van der Waals surface area contributed by atoms with Crippen LogP contribution in [0, 0.1) is 5.92 Å². The molecule has 0 amide bonds. The van der Waals surface area contributed by atoms with E-state index in [9.17, 15) is 4.79 Å². The van der Waals surface area contributed by atoms with E-state index in [0.717, 1.165) is 19.3 Å². The third-order valence-electron chi connectivity index (χ3n) is 1.28. The Balaban J connectivity index is 3.76. The molecular formula is C8H16O. The van der Waals surface area contributed by atoms with E-state index >= 15 is 0 Å². The average Bonchev–Trinajstić information content (AvgIpc) is 1.95. The van der Waals surface area contributed by atoms with Crippen molar-refractivity contribution in [3.8, 4) is 0 Å². The standard InChI is InChI=1S/C8H16O/c1-3-4-5-6-8(2)7-9/h7-8H,3-6H2,1-2H3/i2D3. The van der Waals surface area contributed by atoms with Crippen LogP contribution < -0.4 is 0 Å². The molecule has 0 radical (unpaired) electrons. The SMILES string of the molecule is [2H]C([2H])([2H])C(C=O)CCCCC. The molecule has 0 aliphatic rings. The molecule has 1 heteroatoms. The van der Waals surface area contributed by atoms with Crippen LogP contribution in [-0.4, -0.2) is 6.29 Å². The highest BCUT2D eigenvalue weighted by atomic mass is 16.1. The molecule has 9 heavy (non-hydrogen) atoms. The summed E-state index contributed by atoms with van der Waals surface area (Å²) in [5.41, 5.74) is 0. The fraction of sp³-hybridized carbons (Fsp3) is 0.875. The zero-order valence-electron chi connectivity index (χ0n) is 8.89. The fourth-order valence-electron chi connectivity index (χ4n) is 0.682. The van der Waals surface area contributed by atoms with E-state index in [0.29, 0.717) is 12.7 Å². The van der Waals surface area contributed by atoms with Gasteiger partial charge in [0.15, 0.2) is 0 Å². The molecule has 1 atom stereocenters. The summed E-state index contributed by atoms with van der Waals surface area (Å²) >= 11 is 0. The highest BCUT2D eigenvalue weighted by Crippen LogP contribution is 2.05. The first-order chi connectivity index (χ1) is 5.52. The van der Waals surface area contributed by atoms with E-state index in [1.54, 1.807) is 0 Å². The lowest BCUT2D eigenvalue weighted by Crippen LogP contribution is -1.94. The summed E-state index contributed by atoms with van der Waals surface area (Å²) in [5, 5.41) is 0. The summed E-state index contributed by atoms with van der Waals surface area (Å²) < 4.78 is 21.1. The Morgan fingerprint density at radius 1 is 1.67 bits per heavy atom. The average molecular weight is 131 g/mol. The van der Waals surface area contributed by atoms with Gasteiger partial charge in [0, 0.05) is 10.0 Å². The highest BCUT2D eigenvalue weighted by molar-refractivity contribution is 5.52. The third kappa shape index (κ3) is 5.54. The van der Waals surface area contributed by atoms with Crippen molar-refractivity contribution in [2.45, 2.75) is 39.5 Å². The lowest BCUT2D eigenvalue weighted by molar-refractivity contribution is -0.110. The molecule has 0 N–H and O–H groups in total. The number of hydrogen-bond acceptors (Lipinski definition) is 1. The molecule has 0 aromatic rings. The van der Waals surface area contributed by atoms with Gasteiger partial charge in [0.1, 0.15) is 6.29 Å². The molecule has 0 aromatic carbocycles. The van der Waals surface area contributed by atoms with Gasteiger partial charge in [-0.25, -0.2) is 0 Å². The maximum absolute atomic E-state index is 10.4. The van der Waals surface area contributed by atoms with Crippen LogP contribution in [0.4, 0.5) is 0 Å². The van der Waals surface area contributed by atoms with Crippen molar-refractivity contribution in [3.63, 3.8) is 0 Å². The maximum atomic E-state index is 10.4. The monoisotopic (exact) mass is 131 g/mol. The second-order valence-corrected chi connectivity index (χ2v) is 2.24. The second-order valence-electron chi connectivity index (χ2n) is 2.24. The van der Waals surface area contributed by atoms with Crippen LogP contribution in [0.3, 0.4) is 0 Å². The van der Waals surface area contributed by atoms with E-state index in [-0.39, 0.29) is 0 Å². The Bertz CT molecular complexity index is 131. The number of carbonyl (C=O) groups is 1. The van der Waals surface area contributed by atoms with Crippen molar-refractivity contribution in [2.24, 2.45) is 5.92 Å². The summed E-state index contributed by atoms with van der Waals surface area (Å²) in [4.78, 5) is 10.4. The van der Waals surface area contributed by atoms with Gasteiger partial charge in [0.25, 0.3) is 0 Å². The van der Waals surface area contributed by atoms with Crippen LogP contribution in [0.2, 0.25) is 0 Å². The largest absolute Gasteiger partial charge is 0.303 e. The first-order valence-corrected chi connectivity index (χ1v) is 3.47. The number of rotatable bonds is 5. The van der Waals surface area contributed by atoms with E-state index in [1.807, 2.05) is 6.92 Å². The molecule has 0 aromatic heterocycles. The van der Waals surface area contributed by atoms with Gasteiger partial charge in [-0.2, -0.15) is 0 Å². The van der Waals surface area contributed by atoms with Crippen LogP contribution >= 0.6 is 0 Å². The van der Waals surface area contributed by atoms with Crippen LogP contribution in [0.15, 0.2) is 0 Å². The minimum atomic E-state index is -2.10. The zero-order valence-corrected chi connectivity index (χ0v) is 5.89. The van der Waals surface area contributed by atoms with Crippen molar-refractivity contribution in [1.82, 2.24) is 0 Å². The summed E-state index contributed by atoms with van der Waals surface area (Å²) in [6.07, 6.45) is 3.93. The molecule has 1 nitrogen and oxygen atoms in total. The lowest BCUT2D eigenvalue weighted by atomic mass is 10.1. The molecule has 0 aliphatic carbocycles. The first kappa shape index (κ1) is 4.48. The maximum Gasteiger partial charge on any atom is 0.122 e. The molecule has 0 heterocycles. The quantitative estimate of drug-likeness (QED) is 0.413. The Morgan fingerprint density at radius 3 is 2.89 bits per heavy atom. The minimum Gasteiger partial charge on any atom is -0.303 e. The summed E-state index contributed by atoms with van der Waals surface area (Å²) in [6.45, 7) is -0.0548. The van der Waals surface area contributed by atoms with Gasteiger partial charge in [-0.3, -0.25) is 0 Å². The topological polar surface area (TPSA) is 17.1 Å². The van der Waals surface area contributed by atoms with Crippen LogP contribution in [-0.2, 0) is 4.79 Å². The normalized spacial score (nSPS) is 19.4. The molecule has 0 rings (SSSR count). The van der Waals surface area contributed by atoms with Crippen molar-refractivity contribution in [1.29, 1.82) is 0 Å². The number of aldehydes is 1. The zero-order chi connectivity index (χ0) is 9.61. The van der Waals surface area contributed by atoms with Gasteiger partial charge >= 0.3 is 0 Å². The van der Waals surface area contributed by atoms with Gasteiger partial charge in [-0.15, -0.1) is 0 Å². The fourth-order valence-corrected chi connectivity index (χ4v) is 0.682. The summed E-state index contributed by atoms with van der Waals surface area (Å²) in [5.74, 6) is -0.760. The van der Waals surface area contributed by atoms with E-state index < -0.39 is 12.8 Å². The minimum absolute atomic E-state index is 0.494. The number of carbonyl (C=O) groups excluding carboxylic acids is 1. The molecule has 0 aliphatic heterocycles. The molecule has 1 unspecified atom stereocenters. The summed E-state index contributed by atoms with van der Waals surface area (Å²) in [6, 6.07) is 0.